The van der Waals surface area contributed by atoms with E-state index in [-0.39, 0.29) is 37.1 Å². The van der Waals surface area contributed by atoms with E-state index in [4.69, 9.17) is 19.1 Å². The first-order chi connectivity index (χ1) is 29.4. The summed E-state index contributed by atoms with van der Waals surface area (Å²) in [5, 5.41) is 28.6. The van der Waals surface area contributed by atoms with Gasteiger partial charge in [-0.1, -0.05) is 173 Å². The normalized spacial score (nSPS) is 18.0. The molecule has 1 aliphatic rings. The van der Waals surface area contributed by atoms with E-state index in [0.717, 1.165) is 44.4 Å². The second-order valence-corrected chi connectivity index (χ2v) is 18.7. The average molecular weight is 885 g/mol. The minimum atomic E-state index is -4.68. The van der Waals surface area contributed by atoms with Crippen LogP contribution in [0.5, 0.6) is 0 Å². The van der Waals surface area contributed by atoms with Crippen molar-refractivity contribution in [2.75, 3.05) is 26.4 Å². The Hall–Kier alpha value is -2.18. The summed E-state index contributed by atoms with van der Waals surface area (Å²) in [6.45, 7) is 4.41. The molecule has 1 aliphatic carbocycles. The number of aliphatic hydroxyl groups is 3. The van der Waals surface area contributed by atoms with E-state index in [0.29, 0.717) is 32.1 Å². The standard InChI is InChI=1S/C48H85O12P/c1-4-5-22-29-42(50)33-34-45-41(32-35-46(45)52)28-24-20-21-26-31-48(54)60-44(39-59-61(55,56)58-37-43(51)36-49)38-57-47(53)30-25-19-17-15-13-11-9-7-6-8-10-12-14-16-18-23-27-40(2)3/h20,24,32-35,40-45,49-51H,4-19,21-23,25-31,36-39H2,1-3H3,(H,55,56)/b24-20-,34-33+/t41-,42-,43-,44+,45+/m0/s1. The van der Waals surface area contributed by atoms with Gasteiger partial charge >= 0.3 is 19.8 Å². The van der Waals surface area contributed by atoms with Crippen LogP contribution in [0.15, 0.2) is 36.5 Å². The van der Waals surface area contributed by atoms with Crippen molar-refractivity contribution >= 4 is 25.5 Å². The average Bonchev–Trinajstić information content (AvgIpc) is 3.58. The Balaban J connectivity index is 2.36. The SMILES string of the molecule is CCCCC[C@H](O)/C=C/[C@H]1C(=O)C=C[C@@H]1C/C=C\CCCC(=O)O[C@H](COC(=O)CCCCCCCCCCCCCCCCCCC(C)C)COP(=O)(O)OC[C@@H](O)CO. The number of aliphatic hydroxyl groups excluding tert-OH is 3. The van der Waals surface area contributed by atoms with Gasteiger partial charge in [0.2, 0.25) is 0 Å². The number of unbranched alkanes of at least 4 members (excludes halogenated alkanes) is 18. The van der Waals surface area contributed by atoms with E-state index in [2.05, 4.69) is 25.3 Å². The van der Waals surface area contributed by atoms with Crippen LogP contribution in [0.3, 0.4) is 0 Å². The highest BCUT2D eigenvalue weighted by Crippen LogP contribution is 2.43. The summed E-state index contributed by atoms with van der Waals surface area (Å²) < 4.78 is 32.8. The fourth-order valence-electron chi connectivity index (χ4n) is 7.17. The molecule has 0 heterocycles. The van der Waals surface area contributed by atoms with Gasteiger partial charge in [-0.15, -0.1) is 0 Å². The van der Waals surface area contributed by atoms with E-state index in [9.17, 15) is 34.1 Å². The zero-order chi connectivity index (χ0) is 45.0. The van der Waals surface area contributed by atoms with Crippen LogP contribution >= 0.6 is 7.82 Å². The summed E-state index contributed by atoms with van der Waals surface area (Å²) in [5.41, 5.74) is 0. The molecule has 0 saturated carbocycles. The predicted molar refractivity (Wildman–Crippen MR) is 242 cm³/mol. The lowest BCUT2D eigenvalue weighted by molar-refractivity contribution is -0.161. The first-order valence-corrected chi connectivity index (χ1v) is 25.4. The maximum Gasteiger partial charge on any atom is 0.472 e. The molecule has 1 unspecified atom stereocenters. The molecule has 4 N–H and O–H groups in total. The van der Waals surface area contributed by atoms with Gasteiger partial charge in [0.15, 0.2) is 11.9 Å². The molecule has 12 nitrogen and oxygen atoms in total. The molecule has 61 heavy (non-hydrogen) atoms. The molecular weight excluding hydrogens is 799 g/mol. The summed E-state index contributed by atoms with van der Waals surface area (Å²) in [6.07, 6.45) is 34.6. The lowest BCUT2D eigenvalue weighted by Gasteiger charge is -2.20. The molecule has 0 spiro atoms. The quantitative estimate of drug-likeness (QED) is 0.0197. The van der Waals surface area contributed by atoms with Crippen molar-refractivity contribution in [3.8, 4) is 0 Å². The van der Waals surface area contributed by atoms with Gasteiger partial charge in [-0.05, 0) is 50.0 Å². The van der Waals surface area contributed by atoms with Gasteiger partial charge in [0.1, 0.15) is 12.7 Å². The number of phosphoric ester groups is 1. The van der Waals surface area contributed by atoms with Gasteiger partial charge in [-0.3, -0.25) is 23.4 Å². The Kier molecular flexibility index (Phi) is 34.7. The van der Waals surface area contributed by atoms with Crippen LogP contribution in [-0.2, 0) is 37.5 Å². The van der Waals surface area contributed by atoms with Crippen molar-refractivity contribution in [3.05, 3.63) is 36.5 Å². The highest BCUT2D eigenvalue weighted by Gasteiger charge is 2.28. The Morgan fingerprint density at radius 1 is 0.738 bits per heavy atom. The zero-order valence-electron chi connectivity index (χ0n) is 38.1. The predicted octanol–water partition coefficient (Wildman–Crippen LogP) is 10.6. The van der Waals surface area contributed by atoms with Crippen molar-refractivity contribution in [1.29, 1.82) is 0 Å². The molecule has 0 aromatic heterocycles. The largest absolute Gasteiger partial charge is 0.472 e. The molecule has 6 atom stereocenters. The Bertz CT molecular complexity index is 1270. The van der Waals surface area contributed by atoms with E-state index < -0.39 is 57.9 Å². The van der Waals surface area contributed by atoms with Crippen LogP contribution in [0.2, 0.25) is 0 Å². The molecule has 0 aromatic carbocycles. The van der Waals surface area contributed by atoms with Crippen molar-refractivity contribution in [2.24, 2.45) is 17.8 Å². The van der Waals surface area contributed by atoms with E-state index in [1.807, 2.05) is 24.3 Å². The lowest BCUT2D eigenvalue weighted by Crippen LogP contribution is -2.29. The van der Waals surface area contributed by atoms with Gasteiger partial charge in [-0.25, -0.2) is 4.57 Å². The van der Waals surface area contributed by atoms with E-state index >= 15 is 0 Å². The highest BCUT2D eigenvalue weighted by molar-refractivity contribution is 7.47. The minimum absolute atomic E-state index is 0.00189. The van der Waals surface area contributed by atoms with Gasteiger partial charge in [0, 0.05) is 18.8 Å². The smallest absolute Gasteiger partial charge is 0.462 e. The van der Waals surface area contributed by atoms with Crippen molar-refractivity contribution in [3.63, 3.8) is 0 Å². The summed E-state index contributed by atoms with van der Waals surface area (Å²) in [4.78, 5) is 47.6. The first kappa shape index (κ1) is 56.8. The van der Waals surface area contributed by atoms with Crippen molar-refractivity contribution in [1.82, 2.24) is 0 Å². The Labute approximate surface area is 368 Å². The second-order valence-electron chi connectivity index (χ2n) is 17.3. The molecule has 0 saturated heterocycles. The van der Waals surface area contributed by atoms with Crippen molar-refractivity contribution in [2.45, 2.75) is 206 Å². The first-order valence-electron chi connectivity index (χ1n) is 23.9. The van der Waals surface area contributed by atoms with Gasteiger partial charge in [0.05, 0.1) is 25.9 Å². The van der Waals surface area contributed by atoms with Crippen molar-refractivity contribution < 1.29 is 57.7 Å². The molecule has 0 amide bonds. The number of esters is 2. The third-order valence-corrected chi connectivity index (χ3v) is 11.9. The van der Waals surface area contributed by atoms with Crippen LogP contribution in [0.1, 0.15) is 188 Å². The number of ketones is 1. The molecule has 13 heteroatoms. The second kappa shape index (κ2) is 37.2. The third kappa shape index (κ3) is 33.1. The monoisotopic (exact) mass is 885 g/mol. The van der Waals surface area contributed by atoms with E-state index in [1.54, 1.807) is 12.2 Å². The molecule has 0 aromatic rings. The summed E-state index contributed by atoms with van der Waals surface area (Å²) in [7, 11) is -4.68. The molecule has 0 aliphatic heterocycles. The number of carbonyl (C=O) groups excluding carboxylic acids is 3. The number of hydrogen-bond acceptors (Lipinski definition) is 11. The maximum absolute atomic E-state index is 12.7. The molecule has 0 fully saturated rings. The minimum Gasteiger partial charge on any atom is -0.462 e. The topological polar surface area (TPSA) is 186 Å². The Morgan fingerprint density at radius 2 is 1.30 bits per heavy atom. The fourth-order valence-corrected chi connectivity index (χ4v) is 7.96. The number of hydrogen-bond donors (Lipinski definition) is 4. The van der Waals surface area contributed by atoms with Gasteiger partial charge < -0.3 is 29.7 Å². The number of rotatable bonds is 41. The molecular formula is C48H85O12P. The number of ether oxygens (including phenoxy) is 2. The van der Waals surface area contributed by atoms with E-state index in [1.165, 1.54) is 83.5 Å². The number of phosphoric acid groups is 1. The van der Waals surface area contributed by atoms with Crippen LogP contribution in [0.25, 0.3) is 0 Å². The summed E-state index contributed by atoms with van der Waals surface area (Å²) in [6, 6.07) is 0. The number of carbonyl (C=O) groups is 3. The van der Waals surface area contributed by atoms with Crippen LogP contribution in [0, 0.1) is 17.8 Å². The van der Waals surface area contributed by atoms with Crippen LogP contribution in [0.4, 0.5) is 0 Å². The summed E-state index contributed by atoms with van der Waals surface area (Å²) >= 11 is 0. The lowest BCUT2D eigenvalue weighted by atomic mass is 9.90. The van der Waals surface area contributed by atoms with Crippen LogP contribution in [-0.4, -0.2) is 82.7 Å². The van der Waals surface area contributed by atoms with Gasteiger partial charge in [-0.2, -0.15) is 0 Å². The third-order valence-electron chi connectivity index (χ3n) is 11.0. The summed E-state index contributed by atoms with van der Waals surface area (Å²) in [5.74, 6) is -0.529. The number of allylic oxidation sites excluding steroid dienone is 5. The van der Waals surface area contributed by atoms with Gasteiger partial charge in [0.25, 0.3) is 0 Å². The Morgan fingerprint density at radius 3 is 1.89 bits per heavy atom. The molecule has 0 bridgehead atoms. The van der Waals surface area contributed by atoms with Crippen LogP contribution < -0.4 is 0 Å². The molecule has 0 radical (unpaired) electrons. The fraction of sp³-hybridized carbons (Fsp3) is 0.812. The zero-order valence-corrected chi connectivity index (χ0v) is 39.0. The molecule has 1 rings (SSSR count). The molecule has 354 valence electrons. The highest BCUT2D eigenvalue weighted by atomic mass is 31.2. The maximum atomic E-state index is 12.7.